The molecule has 1 aliphatic heterocycles. The van der Waals surface area contributed by atoms with Gasteiger partial charge < -0.3 is 9.88 Å². The van der Waals surface area contributed by atoms with Gasteiger partial charge in [0.2, 0.25) is 0 Å². The molecule has 3 heterocycles. The Morgan fingerprint density at radius 1 is 0.569 bits per heavy atom. The molecule has 0 amide bonds. The fraction of sp³-hybridized carbons (Fsp3) is 0.311. The minimum atomic E-state index is -0.0841. The summed E-state index contributed by atoms with van der Waals surface area (Å²) in [7, 11) is 2.51. The van der Waals surface area contributed by atoms with Gasteiger partial charge in [-0.3, -0.25) is 0 Å². The lowest BCUT2D eigenvalue weighted by Gasteiger charge is -2.41. The van der Waals surface area contributed by atoms with Crippen molar-refractivity contribution in [1.82, 2.24) is 4.57 Å². The average molecular weight is 864 g/mol. The molecule has 3 aliphatic rings. The van der Waals surface area contributed by atoms with Gasteiger partial charge in [-0.25, -0.2) is 0 Å². The number of hydrogen-bond acceptors (Lipinski definition) is 2. The van der Waals surface area contributed by atoms with Crippen molar-refractivity contribution < 1.29 is 0 Å². The summed E-state index contributed by atoms with van der Waals surface area (Å²) < 4.78 is 5.31. The van der Waals surface area contributed by atoms with Gasteiger partial charge in [0.05, 0.1) is 5.52 Å². The number of aromatic nitrogens is 1. The Kier molecular flexibility index (Phi) is 8.36. The van der Waals surface area contributed by atoms with Gasteiger partial charge in [0, 0.05) is 64.5 Å². The minimum Gasteiger partial charge on any atom is -0.355 e. The third kappa shape index (κ3) is 5.91. The van der Waals surface area contributed by atoms with Gasteiger partial charge in [-0.2, -0.15) is 0 Å². The molecular weight excluding hydrogens is 804 g/mol. The molecule has 4 heteroatoms. The molecular formula is C61H60BN2S. The molecule has 323 valence electrons. The number of rotatable bonds is 3. The molecule has 2 nitrogen and oxygen atoms in total. The summed E-state index contributed by atoms with van der Waals surface area (Å²) in [4.78, 5) is 0. The zero-order valence-corrected chi connectivity index (χ0v) is 41.1. The van der Waals surface area contributed by atoms with Crippen LogP contribution in [-0.4, -0.2) is 11.8 Å². The van der Waals surface area contributed by atoms with E-state index in [1.54, 1.807) is 0 Å². The summed E-state index contributed by atoms with van der Waals surface area (Å²) in [6.07, 6.45) is 2.41. The van der Waals surface area contributed by atoms with E-state index in [2.05, 4.69) is 216 Å². The second-order valence-electron chi connectivity index (χ2n) is 23.6. The lowest BCUT2D eigenvalue weighted by atomic mass is 9.58. The summed E-state index contributed by atoms with van der Waals surface area (Å²) >= 11 is 1.96. The van der Waals surface area contributed by atoms with Crippen LogP contribution >= 0.6 is 11.3 Å². The first-order valence-corrected chi connectivity index (χ1v) is 24.7. The van der Waals surface area contributed by atoms with Crippen molar-refractivity contribution in [2.75, 3.05) is 5.32 Å². The first-order valence-electron chi connectivity index (χ1n) is 23.9. The second-order valence-corrected chi connectivity index (χ2v) is 24.7. The molecule has 1 N–H and O–H groups in total. The first-order chi connectivity index (χ1) is 30.7. The lowest BCUT2D eigenvalue weighted by Crippen LogP contribution is -2.38. The van der Waals surface area contributed by atoms with Gasteiger partial charge in [-0.05, 0) is 139 Å². The molecule has 0 fully saturated rings. The van der Waals surface area contributed by atoms with Crippen LogP contribution in [0.4, 0.5) is 11.4 Å². The molecule has 12 rings (SSSR count). The van der Waals surface area contributed by atoms with E-state index in [0.717, 1.165) is 11.4 Å². The molecule has 0 atom stereocenters. The van der Waals surface area contributed by atoms with Crippen molar-refractivity contribution in [1.29, 1.82) is 0 Å². The van der Waals surface area contributed by atoms with Crippen LogP contribution in [0, 0.1) is 0 Å². The predicted octanol–water partition coefficient (Wildman–Crippen LogP) is 15.8. The van der Waals surface area contributed by atoms with E-state index in [9.17, 15) is 0 Å². The summed E-state index contributed by atoms with van der Waals surface area (Å²) in [5.74, 6) is 0. The van der Waals surface area contributed by atoms with Crippen LogP contribution in [-0.2, 0) is 27.1 Å². The van der Waals surface area contributed by atoms with Crippen LogP contribution in [0.25, 0.3) is 69.9 Å². The summed E-state index contributed by atoms with van der Waals surface area (Å²) in [6, 6.07) is 45.2. The van der Waals surface area contributed by atoms with Gasteiger partial charge in [0.15, 0.2) is 7.28 Å². The van der Waals surface area contributed by atoms with Crippen molar-refractivity contribution in [3.05, 3.63) is 149 Å². The topological polar surface area (TPSA) is 17.0 Å². The third-order valence-corrected chi connectivity index (χ3v) is 17.1. The molecule has 0 saturated carbocycles. The smallest absolute Gasteiger partial charge is 0.197 e. The maximum atomic E-state index is 4.03. The summed E-state index contributed by atoms with van der Waals surface area (Å²) in [5.41, 5.74) is 22.7. The van der Waals surface area contributed by atoms with Crippen molar-refractivity contribution in [3.63, 3.8) is 0 Å². The zero-order chi connectivity index (χ0) is 45.3. The Labute approximate surface area is 390 Å². The Bertz CT molecular complexity index is 3520. The molecule has 65 heavy (non-hydrogen) atoms. The largest absolute Gasteiger partial charge is 0.355 e. The highest BCUT2D eigenvalue weighted by Gasteiger charge is 2.40. The number of anilines is 2. The van der Waals surface area contributed by atoms with Gasteiger partial charge >= 0.3 is 0 Å². The normalized spacial score (nSPS) is 16.7. The molecule has 1 radical (unpaired) electrons. The van der Waals surface area contributed by atoms with E-state index < -0.39 is 0 Å². The van der Waals surface area contributed by atoms with Crippen molar-refractivity contribution in [2.24, 2.45) is 0 Å². The highest BCUT2D eigenvalue weighted by molar-refractivity contribution is 7.25. The SMILES string of the molecule is CC(C)(C)c1ccc(Nc2cc3c(cc2-c2ccc4c5c6c(ccc5n5c4c2[B]c2cc(C(C)(C)C)ccc2-5)C(C)(C)c2ccccc2-6)sc2cc4c(cc23)C(C)(C)CCC4(C)C)cc1. The number of benzene rings is 7. The summed E-state index contributed by atoms with van der Waals surface area (Å²) in [6.45, 7) is 28.4. The van der Waals surface area contributed by atoms with Crippen LogP contribution in [0.1, 0.15) is 129 Å². The van der Waals surface area contributed by atoms with E-state index in [1.165, 1.54) is 127 Å². The number of thiophene rings is 1. The maximum Gasteiger partial charge on any atom is 0.197 e. The monoisotopic (exact) mass is 863 g/mol. The molecule has 7 aromatic carbocycles. The van der Waals surface area contributed by atoms with Crippen molar-refractivity contribution >= 4 is 82.9 Å². The Hall–Kier alpha value is -5.58. The lowest BCUT2D eigenvalue weighted by molar-refractivity contribution is 0.332. The van der Waals surface area contributed by atoms with Crippen LogP contribution in [0.2, 0.25) is 0 Å². The van der Waals surface area contributed by atoms with Crippen LogP contribution in [0.15, 0.2) is 115 Å². The quantitative estimate of drug-likeness (QED) is 0.175. The maximum absolute atomic E-state index is 4.03. The molecule has 9 aromatic rings. The van der Waals surface area contributed by atoms with Crippen molar-refractivity contribution in [2.45, 2.75) is 123 Å². The van der Waals surface area contributed by atoms with Crippen LogP contribution in [0.5, 0.6) is 0 Å². The van der Waals surface area contributed by atoms with Crippen LogP contribution < -0.4 is 16.2 Å². The zero-order valence-electron chi connectivity index (χ0n) is 40.3. The van der Waals surface area contributed by atoms with E-state index in [-0.39, 0.29) is 27.1 Å². The number of nitrogens with zero attached hydrogens (tertiary/aromatic N) is 1. The first kappa shape index (κ1) is 40.9. The average Bonchev–Trinajstić information content (AvgIpc) is 3.87. The van der Waals surface area contributed by atoms with E-state index in [4.69, 9.17) is 0 Å². The minimum absolute atomic E-state index is 0.0162. The van der Waals surface area contributed by atoms with Gasteiger partial charge in [0.1, 0.15) is 0 Å². The number of nitrogens with one attached hydrogen (secondary N) is 1. The van der Waals surface area contributed by atoms with Crippen molar-refractivity contribution in [3.8, 4) is 27.9 Å². The molecule has 0 spiro atoms. The van der Waals surface area contributed by atoms with E-state index in [1.807, 2.05) is 11.3 Å². The summed E-state index contributed by atoms with van der Waals surface area (Å²) in [5, 5.41) is 9.41. The number of fused-ring (bicyclic) bond motifs is 13. The highest BCUT2D eigenvalue weighted by Crippen LogP contribution is 2.54. The van der Waals surface area contributed by atoms with Gasteiger partial charge in [-0.15, -0.1) is 11.3 Å². The van der Waals surface area contributed by atoms with Crippen LogP contribution in [0.3, 0.4) is 0 Å². The number of hydrogen-bond donors (Lipinski definition) is 1. The van der Waals surface area contributed by atoms with Gasteiger partial charge in [0.25, 0.3) is 0 Å². The molecule has 0 unspecified atom stereocenters. The standard InChI is InChI=1S/C61H60BN2S/c1-57(2,3)34-17-20-36(21-18-34)63-48-31-42-41-30-45-46(60(9,10)28-27-59(45,7)8)33-52(41)65-51(42)32-40(48)37-22-23-39-54-50(26-24-44-53(54)38-15-13-14-16-43(38)61(44,11)12)64-49-25-19-35(58(4,5)6)29-47(49)62-55(37)56(39)64/h13-26,29-33,63H,27-28H2,1-12H3. The fourth-order valence-corrected chi connectivity index (χ4v) is 13.1. The highest BCUT2D eigenvalue weighted by atomic mass is 32.1. The van der Waals surface area contributed by atoms with Gasteiger partial charge in [-0.1, -0.05) is 155 Å². The molecule has 0 saturated heterocycles. The molecule has 2 aliphatic carbocycles. The second kappa shape index (κ2) is 13.3. The Morgan fingerprint density at radius 3 is 1.95 bits per heavy atom. The Morgan fingerprint density at radius 2 is 1.23 bits per heavy atom. The van der Waals surface area contributed by atoms with E-state index >= 15 is 0 Å². The fourth-order valence-electron chi connectivity index (χ4n) is 12.0. The Balaban J connectivity index is 1.16. The molecule has 0 bridgehead atoms. The van der Waals surface area contributed by atoms with E-state index in [0.29, 0.717) is 0 Å². The molecule has 2 aromatic heterocycles. The predicted molar refractivity (Wildman–Crippen MR) is 284 cm³/mol. The third-order valence-electron chi connectivity index (χ3n) is 16.0.